The molecule has 2 aliphatic heterocycles. The van der Waals surface area contributed by atoms with Crippen LogP contribution in [-0.4, -0.2) is 70.5 Å². The molecule has 1 fully saturated rings. The molecule has 0 aliphatic carbocycles. The number of aromatic amines is 2. The summed E-state index contributed by atoms with van der Waals surface area (Å²) < 4.78 is 10.0. The Bertz CT molecular complexity index is 1520. The highest BCUT2D eigenvalue weighted by molar-refractivity contribution is 5.91. The van der Waals surface area contributed by atoms with E-state index in [4.69, 9.17) is 4.74 Å². The van der Waals surface area contributed by atoms with Crippen LogP contribution in [0.25, 0.3) is 34.3 Å². The monoisotopic (exact) mass is 490 g/mol. The third-order valence-corrected chi connectivity index (χ3v) is 7.35. The molecule has 0 spiro atoms. The van der Waals surface area contributed by atoms with E-state index < -0.39 is 0 Å². The van der Waals surface area contributed by atoms with Crippen molar-refractivity contribution in [1.29, 1.82) is 0 Å². The van der Waals surface area contributed by atoms with E-state index in [1.165, 1.54) is 0 Å². The minimum atomic E-state index is -0.256. The number of hydrogen-bond donors (Lipinski definition) is 3. The van der Waals surface area contributed by atoms with Crippen molar-refractivity contribution in [2.24, 2.45) is 7.05 Å². The van der Waals surface area contributed by atoms with E-state index in [1.807, 2.05) is 39.1 Å². The topological polar surface area (TPSA) is 130 Å². The quantitative estimate of drug-likeness (QED) is 0.393. The molecule has 2 unspecified atom stereocenters. The lowest BCUT2D eigenvalue weighted by Crippen LogP contribution is -2.35. The number of H-pyrrole nitrogens is 2. The van der Waals surface area contributed by atoms with Gasteiger partial charge in [0, 0.05) is 25.0 Å². The highest BCUT2D eigenvalue weighted by Crippen LogP contribution is 2.34. The van der Waals surface area contributed by atoms with E-state index in [0.717, 1.165) is 52.9 Å². The van der Waals surface area contributed by atoms with Crippen LogP contribution in [0.5, 0.6) is 5.88 Å². The summed E-state index contributed by atoms with van der Waals surface area (Å²) in [7, 11) is 1.89. The van der Waals surface area contributed by atoms with Crippen LogP contribution in [0.1, 0.15) is 48.5 Å². The Labute approximate surface area is 207 Å². The Kier molecular flexibility index (Phi) is 5.53. The zero-order valence-electron chi connectivity index (χ0n) is 20.7. The molecule has 11 nitrogen and oxygen atoms in total. The number of aliphatic hydroxyl groups is 1. The number of pyridine rings is 1. The lowest BCUT2D eigenvalue weighted by atomic mass is 10.1. The predicted octanol–water partition coefficient (Wildman–Crippen LogP) is 2.24. The fourth-order valence-electron chi connectivity index (χ4n) is 5.41. The Morgan fingerprint density at radius 2 is 2.19 bits per heavy atom. The molecule has 0 amide bonds. The highest BCUT2D eigenvalue weighted by atomic mass is 16.5. The molecule has 4 aromatic heterocycles. The number of aromatic nitrogens is 7. The van der Waals surface area contributed by atoms with Crippen molar-refractivity contribution >= 4 is 23.1 Å². The maximum atomic E-state index is 13.0. The maximum absolute atomic E-state index is 13.0. The third-order valence-electron chi connectivity index (χ3n) is 7.35. The summed E-state index contributed by atoms with van der Waals surface area (Å²) in [6.45, 7) is 5.76. The van der Waals surface area contributed by atoms with Gasteiger partial charge in [-0.05, 0) is 51.5 Å². The molecular formula is C25H30N8O3. The minimum absolute atomic E-state index is 0.0737. The SMILES string of the molecule is Cc1nn(C)c2c1-c1cc3c(n[nH]c3cn1)/C=C/c1c(n(C(C)CO)[nH]c1=O)CN1CCCC1CO2. The van der Waals surface area contributed by atoms with Crippen LogP contribution in [-0.2, 0) is 13.6 Å². The standard InChI is InChI=1S/C25H30N8O3/c1-14(12-34)33-22-11-32-8-4-5-16(32)13-36-25-23(15(2)29-31(25)3)20-9-18-19(27-28-21(18)10-26-20)7-6-17(22)24(35)30-33/h6-7,9-10,14,16,34H,4-5,8,11-13H2,1-3H3,(H,27,28)(H,30,35)/b7-6+. The number of fused-ring (bicyclic) bond motifs is 5. The van der Waals surface area contributed by atoms with Crippen molar-refractivity contribution in [3.05, 3.63) is 45.3 Å². The molecule has 3 N–H and O–H groups in total. The Hall–Kier alpha value is -3.70. The normalized spacial score (nSPS) is 19.8. The number of nitrogens with zero attached hydrogens (tertiary/aromatic N) is 6. The van der Waals surface area contributed by atoms with Crippen molar-refractivity contribution in [3.8, 4) is 17.1 Å². The van der Waals surface area contributed by atoms with E-state index in [9.17, 15) is 9.90 Å². The van der Waals surface area contributed by atoms with Crippen LogP contribution in [0.4, 0.5) is 0 Å². The summed E-state index contributed by atoms with van der Waals surface area (Å²) in [5.41, 5.74) is 5.22. The second-order valence-corrected chi connectivity index (χ2v) is 9.73. The van der Waals surface area contributed by atoms with E-state index in [0.29, 0.717) is 30.3 Å². The molecule has 6 heterocycles. The Balaban J connectivity index is 1.55. The average Bonchev–Trinajstić information content (AvgIpc) is 3.61. The molecule has 11 heteroatoms. The molecule has 6 rings (SSSR count). The number of aryl methyl sites for hydroxylation is 2. The molecule has 36 heavy (non-hydrogen) atoms. The lowest BCUT2D eigenvalue weighted by Gasteiger charge is -2.26. The molecule has 188 valence electrons. The largest absolute Gasteiger partial charge is 0.476 e. The number of rotatable bonds is 2. The van der Waals surface area contributed by atoms with Crippen LogP contribution < -0.4 is 10.3 Å². The number of nitrogens with one attached hydrogen (secondary N) is 2. The summed E-state index contributed by atoms with van der Waals surface area (Å²) in [6, 6.07) is 1.92. The van der Waals surface area contributed by atoms with Crippen molar-refractivity contribution in [1.82, 2.24) is 39.6 Å². The first kappa shape index (κ1) is 22.7. The first-order valence-corrected chi connectivity index (χ1v) is 12.3. The van der Waals surface area contributed by atoms with Gasteiger partial charge in [-0.2, -0.15) is 10.2 Å². The predicted molar refractivity (Wildman–Crippen MR) is 136 cm³/mol. The summed E-state index contributed by atoms with van der Waals surface area (Å²) in [5.74, 6) is 0.690. The highest BCUT2D eigenvalue weighted by Gasteiger charge is 2.30. The maximum Gasteiger partial charge on any atom is 0.271 e. The van der Waals surface area contributed by atoms with Gasteiger partial charge in [0.25, 0.3) is 5.56 Å². The van der Waals surface area contributed by atoms with E-state index in [1.54, 1.807) is 15.6 Å². The fourth-order valence-corrected chi connectivity index (χ4v) is 5.41. The van der Waals surface area contributed by atoms with Gasteiger partial charge in [0.05, 0.1) is 58.3 Å². The summed E-state index contributed by atoms with van der Waals surface area (Å²) in [5, 5.41) is 25.8. The van der Waals surface area contributed by atoms with E-state index >= 15 is 0 Å². The van der Waals surface area contributed by atoms with Crippen LogP contribution in [0.3, 0.4) is 0 Å². The van der Waals surface area contributed by atoms with Gasteiger partial charge in [0.15, 0.2) is 0 Å². The zero-order chi connectivity index (χ0) is 25.0. The van der Waals surface area contributed by atoms with Gasteiger partial charge in [-0.25, -0.2) is 4.68 Å². The van der Waals surface area contributed by atoms with Gasteiger partial charge in [-0.3, -0.25) is 29.6 Å². The molecule has 4 aromatic rings. The summed E-state index contributed by atoms with van der Waals surface area (Å²) >= 11 is 0. The summed E-state index contributed by atoms with van der Waals surface area (Å²) in [6.07, 6.45) is 7.50. The molecule has 2 atom stereocenters. The van der Waals surface area contributed by atoms with Crippen LogP contribution >= 0.6 is 0 Å². The van der Waals surface area contributed by atoms with Crippen molar-refractivity contribution < 1.29 is 9.84 Å². The van der Waals surface area contributed by atoms with Crippen molar-refractivity contribution in [2.45, 2.75) is 45.3 Å². The van der Waals surface area contributed by atoms with Gasteiger partial charge >= 0.3 is 0 Å². The first-order valence-electron chi connectivity index (χ1n) is 12.3. The molecular weight excluding hydrogens is 460 g/mol. The molecule has 0 aromatic carbocycles. The molecule has 0 radical (unpaired) electrons. The van der Waals surface area contributed by atoms with Crippen LogP contribution in [0.2, 0.25) is 0 Å². The van der Waals surface area contributed by atoms with E-state index in [-0.39, 0.29) is 24.2 Å². The van der Waals surface area contributed by atoms with Crippen LogP contribution in [0.15, 0.2) is 17.1 Å². The fraction of sp³-hybridized carbons (Fsp3) is 0.440. The second-order valence-electron chi connectivity index (χ2n) is 9.73. The zero-order valence-corrected chi connectivity index (χ0v) is 20.7. The molecule has 2 bridgehead atoms. The van der Waals surface area contributed by atoms with Crippen molar-refractivity contribution in [3.63, 3.8) is 0 Å². The summed E-state index contributed by atoms with van der Waals surface area (Å²) in [4.78, 5) is 20.1. The average molecular weight is 491 g/mol. The smallest absolute Gasteiger partial charge is 0.271 e. The van der Waals surface area contributed by atoms with Gasteiger partial charge in [0.1, 0.15) is 6.61 Å². The second kappa shape index (κ2) is 8.75. The molecule has 0 saturated carbocycles. The van der Waals surface area contributed by atoms with Crippen molar-refractivity contribution in [2.75, 3.05) is 19.8 Å². The Morgan fingerprint density at radius 1 is 1.33 bits per heavy atom. The number of aliphatic hydroxyl groups excluding tert-OH is 1. The van der Waals surface area contributed by atoms with Gasteiger partial charge < -0.3 is 9.84 Å². The minimum Gasteiger partial charge on any atom is -0.476 e. The first-order chi connectivity index (χ1) is 17.4. The van der Waals surface area contributed by atoms with Gasteiger partial charge in [-0.1, -0.05) is 0 Å². The van der Waals surface area contributed by atoms with E-state index in [2.05, 4.69) is 30.3 Å². The van der Waals surface area contributed by atoms with Gasteiger partial charge in [0.2, 0.25) is 5.88 Å². The lowest BCUT2D eigenvalue weighted by molar-refractivity contribution is 0.154. The number of ether oxygens (including phenoxy) is 1. The third kappa shape index (κ3) is 3.66. The van der Waals surface area contributed by atoms with Crippen LogP contribution in [0, 0.1) is 6.92 Å². The molecule has 2 aliphatic rings. The Morgan fingerprint density at radius 3 is 3.03 bits per heavy atom. The van der Waals surface area contributed by atoms with Gasteiger partial charge in [-0.15, -0.1) is 0 Å². The number of hydrogen-bond acceptors (Lipinski definition) is 7. The molecule has 1 saturated heterocycles.